The van der Waals surface area contributed by atoms with E-state index < -0.39 is 10.2 Å². The quantitative estimate of drug-likeness (QED) is 0.375. The van der Waals surface area contributed by atoms with Crippen molar-refractivity contribution in [3.63, 3.8) is 0 Å². The molecule has 0 N–H and O–H groups in total. The van der Waals surface area contributed by atoms with Crippen LogP contribution in [0.1, 0.15) is 35.1 Å². The molecule has 33 heavy (non-hydrogen) atoms. The number of fused-ring (bicyclic) bond motifs is 1. The molecule has 0 bridgehead atoms. The standard InChI is InChI=1S/C21H24Cl2N4O5S/c1-26(8-4-5-19(28)32-3)33(29,30)27-13-16-11-17(31-2)10-15(18(16)12-25-27)9-14-6-7-24-21(23)20(14)22/h6-7,10-12H,4-5,8-9,13H2,1-3H3. The summed E-state index contributed by atoms with van der Waals surface area (Å²) in [5.41, 5.74) is 3.17. The summed E-state index contributed by atoms with van der Waals surface area (Å²) in [4.78, 5) is 15.3. The van der Waals surface area contributed by atoms with E-state index in [4.69, 9.17) is 27.9 Å². The van der Waals surface area contributed by atoms with Crippen LogP contribution in [-0.2, 0) is 32.7 Å². The highest BCUT2D eigenvalue weighted by molar-refractivity contribution is 7.86. The van der Waals surface area contributed by atoms with Crippen LogP contribution in [0, 0.1) is 0 Å². The third-order valence-corrected chi connectivity index (χ3v) is 7.76. The number of halogens is 2. The van der Waals surface area contributed by atoms with Crippen molar-refractivity contribution in [2.24, 2.45) is 5.10 Å². The molecule has 178 valence electrons. The smallest absolute Gasteiger partial charge is 0.319 e. The van der Waals surface area contributed by atoms with E-state index >= 15 is 0 Å². The molecule has 1 aromatic heterocycles. The number of carbonyl (C=O) groups is 1. The summed E-state index contributed by atoms with van der Waals surface area (Å²) in [5.74, 6) is 0.194. The predicted octanol–water partition coefficient (Wildman–Crippen LogP) is 3.27. The van der Waals surface area contributed by atoms with E-state index in [1.54, 1.807) is 25.4 Å². The highest BCUT2D eigenvalue weighted by atomic mass is 35.5. The van der Waals surface area contributed by atoms with Crippen molar-refractivity contribution in [3.8, 4) is 5.75 Å². The Labute approximate surface area is 203 Å². The predicted molar refractivity (Wildman–Crippen MR) is 126 cm³/mol. The number of hydrogen-bond acceptors (Lipinski definition) is 7. The molecule has 9 nitrogen and oxygen atoms in total. The van der Waals surface area contributed by atoms with E-state index in [2.05, 4.69) is 14.8 Å². The van der Waals surface area contributed by atoms with Gasteiger partial charge in [0, 0.05) is 31.8 Å². The van der Waals surface area contributed by atoms with Crippen LogP contribution in [0.2, 0.25) is 10.2 Å². The van der Waals surface area contributed by atoms with E-state index in [0.29, 0.717) is 23.6 Å². The molecule has 0 atom stereocenters. The highest BCUT2D eigenvalue weighted by Gasteiger charge is 2.29. The fourth-order valence-electron chi connectivity index (χ4n) is 3.38. The molecule has 0 saturated heterocycles. The first-order valence-electron chi connectivity index (χ1n) is 10.0. The summed E-state index contributed by atoms with van der Waals surface area (Å²) in [7, 11) is 0.402. The molecule has 12 heteroatoms. The minimum absolute atomic E-state index is 0.0323. The molecule has 0 spiro atoms. The number of rotatable bonds is 9. The van der Waals surface area contributed by atoms with Gasteiger partial charge < -0.3 is 9.47 Å². The summed E-state index contributed by atoms with van der Waals surface area (Å²) in [6, 6.07) is 5.42. The minimum atomic E-state index is -3.88. The van der Waals surface area contributed by atoms with E-state index in [0.717, 1.165) is 31.0 Å². The summed E-state index contributed by atoms with van der Waals surface area (Å²) >= 11 is 12.4. The Morgan fingerprint density at radius 1 is 1.24 bits per heavy atom. The van der Waals surface area contributed by atoms with Crippen molar-refractivity contribution in [1.29, 1.82) is 0 Å². The molecule has 0 radical (unpaired) electrons. The van der Waals surface area contributed by atoms with Gasteiger partial charge in [0.05, 0.1) is 32.0 Å². The number of benzene rings is 1. The van der Waals surface area contributed by atoms with Gasteiger partial charge in [0.2, 0.25) is 0 Å². The van der Waals surface area contributed by atoms with Gasteiger partial charge >= 0.3 is 16.2 Å². The molecule has 0 amide bonds. The Bertz CT molecular complexity index is 1170. The zero-order valence-corrected chi connectivity index (χ0v) is 20.7. The van der Waals surface area contributed by atoms with Gasteiger partial charge in [-0.1, -0.05) is 23.2 Å². The number of hydrazone groups is 1. The minimum Gasteiger partial charge on any atom is -0.497 e. The number of carbonyl (C=O) groups excluding carboxylic acids is 1. The number of aromatic nitrogens is 1. The Hall–Kier alpha value is -2.40. The van der Waals surface area contributed by atoms with E-state index in [9.17, 15) is 13.2 Å². The van der Waals surface area contributed by atoms with Crippen molar-refractivity contribution in [2.75, 3.05) is 27.8 Å². The number of nitrogens with zero attached hydrogens (tertiary/aromatic N) is 4. The topological polar surface area (TPSA) is 101 Å². The van der Waals surface area contributed by atoms with Crippen molar-refractivity contribution >= 4 is 45.6 Å². The second-order valence-corrected chi connectivity index (χ2v) is 10.0. The summed E-state index contributed by atoms with van der Waals surface area (Å²) < 4.78 is 38.2. The lowest BCUT2D eigenvalue weighted by molar-refractivity contribution is -0.140. The zero-order valence-electron chi connectivity index (χ0n) is 18.4. The van der Waals surface area contributed by atoms with Gasteiger partial charge in [0.1, 0.15) is 10.9 Å². The molecule has 0 aliphatic carbocycles. The van der Waals surface area contributed by atoms with Crippen LogP contribution < -0.4 is 4.74 Å². The Morgan fingerprint density at radius 3 is 2.70 bits per heavy atom. The molecule has 0 fully saturated rings. The van der Waals surface area contributed by atoms with Gasteiger partial charge in [-0.25, -0.2) is 4.98 Å². The largest absolute Gasteiger partial charge is 0.497 e. The lowest BCUT2D eigenvalue weighted by Gasteiger charge is -2.29. The SMILES string of the molecule is COC(=O)CCCN(C)S(=O)(=O)N1Cc2cc(OC)cc(Cc3ccnc(Cl)c3Cl)c2C=N1. The van der Waals surface area contributed by atoms with Crippen LogP contribution >= 0.6 is 23.2 Å². The van der Waals surface area contributed by atoms with Crippen molar-refractivity contribution in [1.82, 2.24) is 13.7 Å². The lowest BCUT2D eigenvalue weighted by Crippen LogP contribution is -2.40. The first-order valence-corrected chi connectivity index (χ1v) is 12.2. The van der Waals surface area contributed by atoms with Crippen LogP contribution in [0.5, 0.6) is 5.75 Å². The van der Waals surface area contributed by atoms with Crippen molar-refractivity contribution in [2.45, 2.75) is 25.8 Å². The van der Waals surface area contributed by atoms with Gasteiger partial charge in [-0.15, -0.1) is 0 Å². The Morgan fingerprint density at radius 2 is 2.00 bits per heavy atom. The third kappa shape index (κ3) is 5.75. The number of pyridine rings is 1. The summed E-state index contributed by atoms with van der Waals surface area (Å²) in [5, 5.41) is 4.77. The van der Waals surface area contributed by atoms with Crippen molar-refractivity contribution < 1.29 is 22.7 Å². The molecule has 2 heterocycles. The maximum Gasteiger partial charge on any atom is 0.319 e. The fraction of sp³-hybridized carbons (Fsp3) is 0.381. The van der Waals surface area contributed by atoms with Crippen molar-refractivity contribution in [3.05, 3.63) is 56.8 Å². The molecular formula is C21H24Cl2N4O5S. The highest BCUT2D eigenvalue weighted by Crippen LogP contribution is 2.31. The first-order chi connectivity index (χ1) is 15.7. The van der Waals surface area contributed by atoms with Crippen LogP contribution in [0.15, 0.2) is 29.5 Å². The number of hydrogen-bond donors (Lipinski definition) is 0. The molecule has 0 unspecified atom stereocenters. The molecular weight excluding hydrogens is 491 g/mol. The normalized spacial score (nSPS) is 13.2. The Kier molecular flexibility index (Phi) is 8.17. The van der Waals surface area contributed by atoms with Crippen LogP contribution in [0.4, 0.5) is 0 Å². The van der Waals surface area contributed by atoms with Gasteiger partial charge in [-0.3, -0.25) is 4.79 Å². The molecule has 3 rings (SSSR count). The van der Waals surface area contributed by atoms with Gasteiger partial charge in [0.25, 0.3) is 0 Å². The van der Waals surface area contributed by atoms with E-state index in [-0.39, 0.29) is 30.6 Å². The lowest BCUT2D eigenvalue weighted by atomic mass is 9.95. The maximum atomic E-state index is 13.0. The van der Waals surface area contributed by atoms with Gasteiger partial charge in [-0.05, 0) is 47.7 Å². The van der Waals surface area contributed by atoms with Crippen LogP contribution in [0.3, 0.4) is 0 Å². The molecule has 1 aliphatic rings. The number of ether oxygens (including phenoxy) is 2. The van der Waals surface area contributed by atoms with Gasteiger partial charge in [-0.2, -0.15) is 22.2 Å². The average molecular weight is 515 g/mol. The zero-order chi connectivity index (χ0) is 24.2. The fourth-order valence-corrected chi connectivity index (χ4v) is 4.88. The summed E-state index contributed by atoms with van der Waals surface area (Å²) in [6.45, 7) is 0.186. The Balaban J connectivity index is 1.84. The van der Waals surface area contributed by atoms with Crippen LogP contribution in [-0.4, -0.2) is 62.1 Å². The second-order valence-electron chi connectivity index (χ2n) is 7.34. The third-order valence-electron chi connectivity index (χ3n) is 5.23. The molecule has 0 saturated carbocycles. The first kappa shape index (κ1) is 25.2. The van der Waals surface area contributed by atoms with Gasteiger partial charge in [0.15, 0.2) is 0 Å². The second kappa shape index (κ2) is 10.7. The maximum absolute atomic E-state index is 13.0. The molecule has 1 aromatic carbocycles. The average Bonchev–Trinajstić information content (AvgIpc) is 2.81. The monoisotopic (exact) mass is 514 g/mol. The molecule has 1 aliphatic heterocycles. The molecule has 2 aromatic rings. The van der Waals surface area contributed by atoms with Crippen LogP contribution in [0.25, 0.3) is 0 Å². The summed E-state index contributed by atoms with van der Waals surface area (Å²) in [6.07, 6.45) is 4.00. The number of esters is 1. The number of methoxy groups -OCH3 is 2. The van der Waals surface area contributed by atoms with E-state index in [1.165, 1.54) is 20.4 Å². The van der Waals surface area contributed by atoms with E-state index in [1.807, 2.05) is 6.07 Å².